The van der Waals surface area contributed by atoms with E-state index in [4.69, 9.17) is 0 Å². The minimum Gasteiger partial charge on any atom is -0.333 e. The molecule has 102 valence electrons. The lowest BCUT2D eigenvalue weighted by Crippen LogP contribution is -2.31. The van der Waals surface area contributed by atoms with Crippen LogP contribution in [0, 0.1) is 0 Å². The van der Waals surface area contributed by atoms with Crippen LogP contribution in [0.5, 0.6) is 0 Å². The summed E-state index contributed by atoms with van der Waals surface area (Å²) in [4.78, 5) is 12.5. The summed E-state index contributed by atoms with van der Waals surface area (Å²) in [5, 5.41) is 5.20. The van der Waals surface area contributed by atoms with Crippen LogP contribution in [0.25, 0.3) is 0 Å². The van der Waals surface area contributed by atoms with E-state index in [-0.39, 0.29) is 0 Å². The molecule has 5 heteroatoms. The molecule has 0 aliphatic rings. The Morgan fingerprint density at radius 1 is 1.32 bits per heavy atom. The molecule has 0 aliphatic carbocycles. The van der Waals surface area contributed by atoms with Crippen molar-refractivity contribution in [3.8, 4) is 0 Å². The molecule has 0 radical (unpaired) electrons. The summed E-state index contributed by atoms with van der Waals surface area (Å²) in [6.45, 7) is 5.99. The normalized spacial score (nSPS) is 10.9. The van der Waals surface area contributed by atoms with Gasteiger partial charge in [-0.05, 0) is 32.3 Å². The molecular formula is C14H20N4S. The van der Waals surface area contributed by atoms with Gasteiger partial charge in [-0.1, -0.05) is 6.07 Å². The third-order valence-corrected chi connectivity index (χ3v) is 3.72. The van der Waals surface area contributed by atoms with Gasteiger partial charge in [0.2, 0.25) is 5.95 Å². The van der Waals surface area contributed by atoms with Crippen LogP contribution in [0.2, 0.25) is 0 Å². The van der Waals surface area contributed by atoms with Gasteiger partial charge in [0.15, 0.2) is 0 Å². The maximum absolute atomic E-state index is 4.48. The monoisotopic (exact) mass is 276 g/mol. The topological polar surface area (TPSA) is 41.1 Å². The van der Waals surface area contributed by atoms with E-state index < -0.39 is 0 Å². The zero-order valence-electron chi connectivity index (χ0n) is 11.6. The molecule has 2 heterocycles. The summed E-state index contributed by atoms with van der Waals surface area (Å²) in [7, 11) is 1.92. The van der Waals surface area contributed by atoms with Crippen LogP contribution in [-0.4, -0.2) is 23.1 Å². The van der Waals surface area contributed by atoms with Crippen molar-refractivity contribution in [2.75, 3.05) is 11.9 Å². The lowest BCUT2D eigenvalue weighted by molar-refractivity contribution is 0.662. The number of nitrogens with zero attached hydrogens (tertiary/aromatic N) is 3. The highest BCUT2D eigenvalue weighted by molar-refractivity contribution is 7.09. The molecule has 1 N–H and O–H groups in total. The number of rotatable bonds is 6. The molecule has 0 spiro atoms. The Kier molecular flexibility index (Phi) is 4.87. The molecule has 2 aromatic heterocycles. The van der Waals surface area contributed by atoms with Crippen LogP contribution in [0.1, 0.15) is 24.3 Å². The third kappa shape index (κ3) is 3.75. The summed E-state index contributed by atoms with van der Waals surface area (Å²) in [5.41, 5.74) is 1.10. The first-order valence-corrected chi connectivity index (χ1v) is 7.33. The first-order chi connectivity index (χ1) is 9.20. The second-order valence-electron chi connectivity index (χ2n) is 4.72. The van der Waals surface area contributed by atoms with Gasteiger partial charge in [-0.3, -0.25) is 0 Å². The van der Waals surface area contributed by atoms with Gasteiger partial charge in [0.05, 0.1) is 6.54 Å². The van der Waals surface area contributed by atoms with Crippen molar-refractivity contribution >= 4 is 17.3 Å². The summed E-state index contributed by atoms with van der Waals surface area (Å²) >= 11 is 1.77. The molecule has 0 atom stereocenters. The second-order valence-corrected chi connectivity index (χ2v) is 5.75. The first kappa shape index (κ1) is 14.0. The van der Waals surface area contributed by atoms with Gasteiger partial charge in [0.25, 0.3) is 0 Å². The van der Waals surface area contributed by atoms with E-state index in [1.165, 1.54) is 4.88 Å². The van der Waals surface area contributed by atoms with Crippen LogP contribution >= 0.6 is 11.3 Å². The van der Waals surface area contributed by atoms with Crippen molar-refractivity contribution in [1.82, 2.24) is 15.3 Å². The maximum Gasteiger partial charge on any atom is 0.225 e. The molecule has 2 aromatic rings. The molecule has 0 fully saturated rings. The van der Waals surface area contributed by atoms with Crippen molar-refractivity contribution in [2.45, 2.75) is 33.0 Å². The minimum absolute atomic E-state index is 0.372. The highest BCUT2D eigenvalue weighted by atomic mass is 32.1. The fourth-order valence-corrected chi connectivity index (χ4v) is 2.55. The predicted octanol–water partition coefficient (Wildman–Crippen LogP) is 2.67. The SMILES string of the molecule is CNCc1cnc(N(Cc2cccs2)C(C)C)nc1. The average molecular weight is 276 g/mol. The lowest BCUT2D eigenvalue weighted by Gasteiger charge is -2.26. The number of aromatic nitrogens is 2. The molecule has 0 bridgehead atoms. The van der Waals surface area contributed by atoms with Crippen LogP contribution in [0.4, 0.5) is 5.95 Å². The van der Waals surface area contributed by atoms with Crippen LogP contribution in [0.3, 0.4) is 0 Å². The standard InChI is InChI=1S/C14H20N4S/c1-11(2)18(10-13-5-4-6-19-13)14-16-8-12(7-15-3)9-17-14/h4-6,8-9,11,15H,7,10H2,1-3H3. The summed E-state index contributed by atoms with van der Waals surface area (Å²) < 4.78 is 0. The van der Waals surface area contributed by atoms with E-state index in [2.05, 4.69) is 51.5 Å². The van der Waals surface area contributed by atoms with Gasteiger partial charge in [-0.15, -0.1) is 11.3 Å². The number of thiophene rings is 1. The first-order valence-electron chi connectivity index (χ1n) is 6.45. The van der Waals surface area contributed by atoms with Gasteiger partial charge in [0.1, 0.15) is 0 Å². The number of hydrogen-bond donors (Lipinski definition) is 1. The lowest BCUT2D eigenvalue weighted by atomic mass is 10.3. The maximum atomic E-state index is 4.48. The van der Waals surface area contributed by atoms with Crippen LogP contribution < -0.4 is 10.2 Å². The van der Waals surface area contributed by atoms with Gasteiger partial charge in [-0.25, -0.2) is 9.97 Å². The molecule has 0 unspecified atom stereocenters. The molecular weight excluding hydrogens is 256 g/mol. The predicted molar refractivity (Wildman–Crippen MR) is 80.4 cm³/mol. The van der Waals surface area contributed by atoms with Gasteiger partial charge >= 0.3 is 0 Å². The Morgan fingerprint density at radius 2 is 2.05 bits per heavy atom. The Balaban J connectivity index is 2.14. The highest BCUT2D eigenvalue weighted by Crippen LogP contribution is 2.18. The number of nitrogens with one attached hydrogen (secondary N) is 1. The number of hydrogen-bond acceptors (Lipinski definition) is 5. The zero-order chi connectivity index (χ0) is 13.7. The quantitative estimate of drug-likeness (QED) is 0.880. The molecule has 0 aromatic carbocycles. The molecule has 19 heavy (non-hydrogen) atoms. The van der Waals surface area contributed by atoms with Gasteiger partial charge in [0, 0.05) is 35.4 Å². The van der Waals surface area contributed by atoms with Crippen LogP contribution in [0.15, 0.2) is 29.9 Å². The van der Waals surface area contributed by atoms with E-state index in [9.17, 15) is 0 Å². The van der Waals surface area contributed by atoms with Crippen molar-refractivity contribution in [1.29, 1.82) is 0 Å². The van der Waals surface area contributed by atoms with Gasteiger partial charge < -0.3 is 10.2 Å². The summed E-state index contributed by atoms with van der Waals surface area (Å²) in [6.07, 6.45) is 3.78. The smallest absolute Gasteiger partial charge is 0.225 e. The Bertz CT molecular complexity index is 479. The molecule has 0 aliphatic heterocycles. The summed E-state index contributed by atoms with van der Waals surface area (Å²) in [5.74, 6) is 0.795. The fourth-order valence-electron chi connectivity index (χ4n) is 1.85. The van der Waals surface area contributed by atoms with E-state index in [1.807, 2.05) is 19.4 Å². The Hall–Kier alpha value is -1.46. The third-order valence-electron chi connectivity index (χ3n) is 2.86. The molecule has 0 saturated carbocycles. The zero-order valence-corrected chi connectivity index (χ0v) is 12.4. The van der Waals surface area contributed by atoms with Crippen molar-refractivity contribution < 1.29 is 0 Å². The summed E-state index contributed by atoms with van der Waals surface area (Å²) in [6, 6.07) is 4.60. The fraction of sp³-hybridized carbons (Fsp3) is 0.429. The van der Waals surface area contributed by atoms with Crippen molar-refractivity contribution in [3.63, 3.8) is 0 Å². The van der Waals surface area contributed by atoms with E-state index >= 15 is 0 Å². The van der Waals surface area contributed by atoms with E-state index in [0.29, 0.717) is 6.04 Å². The van der Waals surface area contributed by atoms with Crippen LogP contribution in [-0.2, 0) is 13.1 Å². The highest BCUT2D eigenvalue weighted by Gasteiger charge is 2.14. The molecule has 0 saturated heterocycles. The molecule has 4 nitrogen and oxygen atoms in total. The van der Waals surface area contributed by atoms with Crippen molar-refractivity contribution in [3.05, 3.63) is 40.3 Å². The van der Waals surface area contributed by atoms with Gasteiger partial charge in [-0.2, -0.15) is 0 Å². The Morgan fingerprint density at radius 3 is 2.58 bits per heavy atom. The van der Waals surface area contributed by atoms with E-state index in [0.717, 1.165) is 24.6 Å². The molecule has 2 rings (SSSR count). The largest absolute Gasteiger partial charge is 0.333 e. The van der Waals surface area contributed by atoms with Crippen molar-refractivity contribution in [2.24, 2.45) is 0 Å². The number of anilines is 1. The second kappa shape index (κ2) is 6.63. The molecule has 0 amide bonds. The van der Waals surface area contributed by atoms with E-state index in [1.54, 1.807) is 11.3 Å². The minimum atomic E-state index is 0.372. The Labute approximate surface area is 118 Å². The average Bonchev–Trinajstić information content (AvgIpc) is 2.90.